The zero-order chi connectivity index (χ0) is 17.4. The molecule has 0 saturated heterocycles. The highest BCUT2D eigenvalue weighted by Gasteiger charge is 2.19. The van der Waals surface area contributed by atoms with Crippen molar-refractivity contribution in [3.05, 3.63) is 46.7 Å². The summed E-state index contributed by atoms with van der Waals surface area (Å²) in [7, 11) is 0. The van der Waals surface area contributed by atoms with Crippen molar-refractivity contribution < 1.29 is 24.2 Å². The van der Waals surface area contributed by atoms with E-state index in [2.05, 4.69) is 5.32 Å². The van der Waals surface area contributed by atoms with E-state index in [0.717, 1.165) is 4.88 Å². The van der Waals surface area contributed by atoms with E-state index in [4.69, 9.17) is 14.6 Å². The van der Waals surface area contributed by atoms with E-state index in [1.165, 1.54) is 11.3 Å². The zero-order valence-corrected chi connectivity index (χ0v) is 14.0. The molecule has 6 nitrogen and oxygen atoms in total. The fraction of sp³-hybridized carbons (Fsp3) is 0.294. The molecular formula is C17H19NO5S. The third kappa shape index (κ3) is 5.27. The van der Waals surface area contributed by atoms with Crippen LogP contribution in [0.25, 0.3) is 0 Å². The number of nitrogens with one attached hydrogen (secondary N) is 1. The van der Waals surface area contributed by atoms with Gasteiger partial charge in [0, 0.05) is 4.88 Å². The van der Waals surface area contributed by atoms with Crippen molar-refractivity contribution in [1.82, 2.24) is 5.32 Å². The van der Waals surface area contributed by atoms with Crippen LogP contribution in [0.5, 0.6) is 11.5 Å². The number of aliphatic carboxylic acids is 1. The molecule has 1 heterocycles. The Hall–Kier alpha value is -2.54. The highest BCUT2D eigenvalue weighted by molar-refractivity contribution is 7.10. The standard InChI is InChI=1S/C17H19NO5S/c1-2-22-13-6-3-4-7-14(13)23-11-16(19)18-12(10-17(20)21)15-8-5-9-24-15/h3-9,12H,2,10-11H2,1H3,(H,18,19)(H,20,21). The molecule has 24 heavy (non-hydrogen) atoms. The molecule has 2 rings (SSSR count). The summed E-state index contributed by atoms with van der Waals surface area (Å²) in [5, 5.41) is 13.5. The fourth-order valence-corrected chi connectivity index (χ4v) is 2.89. The molecule has 0 bridgehead atoms. The van der Waals surface area contributed by atoms with E-state index in [9.17, 15) is 9.59 Å². The van der Waals surface area contributed by atoms with E-state index < -0.39 is 12.0 Å². The number of hydrogen-bond acceptors (Lipinski definition) is 5. The third-order valence-electron chi connectivity index (χ3n) is 3.11. The second kappa shape index (κ2) is 8.93. The number of carboxylic acids is 1. The van der Waals surface area contributed by atoms with Gasteiger partial charge in [0.1, 0.15) is 0 Å². The van der Waals surface area contributed by atoms with Crippen molar-refractivity contribution in [2.24, 2.45) is 0 Å². The van der Waals surface area contributed by atoms with Gasteiger partial charge in [0.25, 0.3) is 5.91 Å². The zero-order valence-electron chi connectivity index (χ0n) is 13.2. The number of para-hydroxylation sites is 2. The average molecular weight is 349 g/mol. The second-order valence-electron chi connectivity index (χ2n) is 4.90. The fourth-order valence-electron chi connectivity index (χ4n) is 2.11. The van der Waals surface area contributed by atoms with Gasteiger partial charge in [-0.2, -0.15) is 0 Å². The number of thiophene rings is 1. The molecule has 1 aromatic heterocycles. The Balaban J connectivity index is 1.95. The van der Waals surface area contributed by atoms with E-state index in [1.807, 2.05) is 24.4 Å². The summed E-state index contributed by atoms with van der Waals surface area (Å²) in [5.41, 5.74) is 0. The van der Waals surface area contributed by atoms with Crippen LogP contribution in [-0.2, 0) is 9.59 Å². The smallest absolute Gasteiger partial charge is 0.305 e. The van der Waals surface area contributed by atoms with Gasteiger partial charge in [0.05, 0.1) is 19.1 Å². The Morgan fingerprint density at radius 3 is 2.46 bits per heavy atom. The Morgan fingerprint density at radius 2 is 1.88 bits per heavy atom. The molecule has 128 valence electrons. The van der Waals surface area contributed by atoms with Crippen molar-refractivity contribution in [2.45, 2.75) is 19.4 Å². The molecular weight excluding hydrogens is 330 g/mol. The van der Waals surface area contributed by atoms with Gasteiger partial charge in [-0.1, -0.05) is 18.2 Å². The van der Waals surface area contributed by atoms with Crippen molar-refractivity contribution >= 4 is 23.2 Å². The molecule has 1 unspecified atom stereocenters. The van der Waals surface area contributed by atoms with Gasteiger partial charge in [-0.15, -0.1) is 11.3 Å². The third-order valence-corrected chi connectivity index (χ3v) is 4.09. The van der Waals surface area contributed by atoms with Crippen molar-refractivity contribution in [2.75, 3.05) is 13.2 Å². The number of benzene rings is 1. The summed E-state index contributed by atoms with van der Waals surface area (Å²) in [5.74, 6) is -0.328. The predicted octanol–water partition coefficient (Wildman–Crippen LogP) is 2.86. The maximum Gasteiger partial charge on any atom is 0.305 e. The number of ether oxygens (including phenoxy) is 2. The minimum absolute atomic E-state index is 0.179. The van der Waals surface area contributed by atoms with Crippen LogP contribution < -0.4 is 14.8 Å². The number of carbonyl (C=O) groups is 2. The van der Waals surface area contributed by atoms with Crippen LogP contribution in [-0.4, -0.2) is 30.2 Å². The lowest BCUT2D eigenvalue weighted by Crippen LogP contribution is -2.33. The van der Waals surface area contributed by atoms with Crippen LogP contribution in [0.15, 0.2) is 41.8 Å². The monoisotopic (exact) mass is 349 g/mol. The average Bonchev–Trinajstić information content (AvgIpc) is 3.08. The molecule has 2 N–H and O–H groups in total. The van der Waals surface area contributed by atoms with E-state index in [-0.39, 0.29) is 18.9 Å². The molecule has 7 heteroatoms. The topological polar surface area (TPSA) is 84.9 Å². The summed E-state index contributed by atoms with van der Waals surface area (Å²) in [6.45, 7) is 2.14. The van der Waals surface area contributed by atoms with Crippen molar-refractivity contribution in [1.29, 1.82) is 0 Å². The first-order valence-electron chi connectivity index (χ1n) is 7.49. The highest BCUT2D eigenvalue weighted by Crippen LogP contribution is 2.26. The molecule has 1 aromatic carbocycles. The minimum atomic E-state index is -0.976. The normalized spacial score (nSPS) is 11.5. The summed E-state index contributed by atoms with van der Waals surface area (Å²) in [6, 6.07) is 10.1. The maximum absolute atomic E-state index is 12.1. The number of amides is 1. The number of hydrogen-bond donors (Lipinski definition) is 2. The summed E-state index contributed by atoms with van der Waals surface area (Å²) < 4.78 is 10.9. The highest BCUT2D eigenvalue weighted by atomic mass is 32.1. The van der Waals surface area contributed by atoms with Crippen LogP contribution in [0, 0.1) is 0 Å². The molecule has 0 aliphatic rings. The van der Waals surface area contributed by atoms with E-state index in [1.54, 1.807) is 24.3 Å². The number of carbonyl (C=O) groups excluding carboxylic acids is 1. The first kappa shape index (κ1) is 17.8. The van der Waals surface area contributed by atoms with Crippen molar-refractivity contribution in [3.8, 4) is 11.5 Å². The Bertz CT molecular complexity index is 671. The Kier molecular flexibility index (Phi) is 6.62. The summed E-state index contributed by atoms with van der Waals surface area (Å²) in [4.78, 5) is 23.9. The largest absolute Gasteiger partial charge is 0.490 e. The molecule has 0 saturated carbocycles. The molecule has 0 radical (unpaired) electrons. The summed E-state index contributed by atoms with van der Waals surface area (Å²) in [6.07, 6.45) is -0.179. The van der Waals surface area contributed by atoms with Crippen LogP contribution in [0.1, 0.15) is 24.3 Å². The Morgan fingerprint density at radius 1 is 1.17 bits per heavy atom. The SMILES string of the molecule is CCOc1ccccc1OCC(=O)NC(CC(=O)O)c1cccs1. The molecule has 1 amide bonds. The molecule has 0 aliphatic heterocycles. The van der Waals surface area contributed by atoms with Gasteiger partial charge in [-0.3, -0.25) is 9.59 Å². The van der Waals surface area contributed by atoms with Gasteiger partial charge < -0.3 is 19.9 Å². The van der Waals surface area contributed by atoms with E-state index >= 15 is 0 Å². The lowest BCUT2D eigenvalue weighted by molar-refractivity contribution is -0.137. The maximum atomic E-state index is 12.1. The number of rotatable bonds is 9. The van der Waals surface area contributed by atoms with E-state index in [0.29, 0.717) is 18.1 Å². The van der Waals surface area contributed by atoms with Gasteiger partial charge in [-0.25, -0.2) is 0 Å². The Labute approximate surface area is 144 Å². The summed E-state index contributed by atoms with van der Waals surface area (Å²) >= 11 is 1.40. The van der Waals surface area contributed by atoms with Crippen molar-refractivity contribution in [3.63, 3.8) is 0 Å². The quantitative estimate of drug-likeness (QED) is 0.727. The van der Waals surface area contributed by atoms with Gasteiger partial charge in [0.15, 0.2) is 18.1 Å². The minimum Gasteiger partial charge on any atom is -0.490 e. The van der Waals surface area contributed by atoms with Gasteiger partial charge >= 0.3 is 5.97 Å². The predicted molar refractivity (Wildman–Crippen MR) is 90.6 cm³/mol. The van der Waals surface area contributed by atoms with Crippen LogP contribution >= 0.6 is 11.3 Å². The molecule has 0 aliphatic carbocycles. The lowest BCUT2D eigenvalue weighted by atomic mass is 10.1. The van der Waals surface area contributed by atoms with Crippen LogP contribution in [0.4, 0.5) is 0 Å². The lowest BCUT2D eigenvalue weighted by Gasteiger charge is -2.16. The first-order valence-corrected chi connectivity index (χ1v) is 8.37. The molecule has 1 atom stereocenters. The van der Waals surface area contributed by atoms with Crippen LogP contribution in [0.2, 0.25) is 0 Å². The number of carboxylic acid groups (broad SMARTS) is 1. The second-order valence-corrected chi connectivity index (χ2v) is 5.88. The molecule has 0 fully saturated rings. The van der Waals surface area contributed by atoms with Crippen LogP contribution in [0.3, 0.4) is 0 Å². The molecule has 0 spiro atoms. The van der Waals surface area contributed by atoms with Gasteiger partial charge in [0.2, 0.25) is 0 Å². The first-order chi connectivity index (χ1) is 11.6. The van der Waals surface area contributed by atoms with Gasteiger partial charge in [-0.05, 0) is 30.5 Å². The molecule has 2 aromatic rings.